The molecule has 2 heterocycles. The third kappa shape index (κ3) is 4.63. The molecular formula is C23H22N4O4. The molecule has 1 N–H and O–H groups in total. The number of ether oxygens (including phenoxy) is 1. The Morgan fingerprint density at radius 3 is 2.71 bits per heavy atom. The maximum absolute atomic E-state index is 12.4. The summed E-state index contributed by atoms with van der Waals surface area (Å²) in [6.07, 6.45) is 3.61. The quantitative estimate of drug-likeness (QED) is 0.462. The second-order valence-electron chi connectivity index (χ2n) is 7.19. The number of nitrogens with zero attached hydrogens (tertiary/aromatic N) is 3. The first-order valence-corrected chi connectivity index (χ1v) is 9.85. The minimum Gasteiger partial charge on any atom is -0.497 e. The van der Waals surface area contributed by atoms with E-state index in [1.807, 2.05) is 43.3 Å². The van der Waals surface area contributed by atoms with Gasteiger partial charge in [0.1, 0.15) is 24.0 Å². The lowest BCUT2D eigenvalue weighted by Crippen LogP contribution is -2.16. The van der Waals surface area contributed by atoms with Crippen molar-refractivity contribution < 1.29 is 13.9 Å². The average Bonchev–Trinajstić information content (AvgIpc) is 3.27. The molecule has 0 aliphatic heterocycles. The van der Waals surface area contributed by atoms with Crippen molar-refractivity contribution in [2.24, 2.45) is 0 Å². The van der Waals surface area contributed by atoms with E-state index in [1.165, 1.54) is 6.33 Å². The van der Waals surface area contributed by atoms with Crippen LogP contribution in [-0.4, -0.2) is 27.8 Å². The number of methoxy groups -OCH3 is 1. The molecule has 2 aromatic heterocycles. The molecule has 0 saturated carbocycles. The Morgan fingerprint density at radius 1 is 1.19 bits per heavy atom. The number of aromatic nitrogens is 3. The van der Waals surface area contributed by atoms with Crippen LogP contribution in [0.5, 0.6) is 5.75 Å². The lowest BCUT2D eigenvalue weighted by Gasteiger charge is -2.10. The number of hydrogen-bond donors (Lipinski definition) is 1. The van der Waals surface area contributed by atoms with Crippen molar-refractivity contribution in [3.63, 3.8) is 0 Å². The number of carbonyl (C=O) groups is 1. The fraction of sp³-hybridized carbons (Fsp3) is 0.217. The SMILES string of the molecule is COc1ccc2c(C)c(CCC(=O)Nc3ccc(Cn4cncn4)cc3)c(=O)oc2c1. The Labute approximate surface area is 178 Å². The van der Waals surface area contributed by atoms with Crippen LogP contribution in [-0.2, 0) is 17.8 Å². The number of hydrogen-bond acceptors (Lipinski definition) is 6. The van der Waals surface area contributed by atoms with E-state index < -0.39 is 5.63 Å². The second kappa shape index (κ2) is 8.83. The Kier molecular flexibility index (Phi) is 5.79. The minimum atomic E-state index is -0.427. The molecule has 0 aliphatic rings. The van der Waals surface area contributed by atoms with E-state index in [0.717, 1.165) is 16.5 Å². The summed E-state index contributed by atoms with van der Waals surface area (Å²) in [5.74, 6) is 0.451. The standard InChI is InChI=1S/C23H22N4O4/c1-15-19-8-7-18(30-2)11-21(19)31-23(29)20(15)9-10-22(28)26-17-5-3-16(4-6-17)12-27-14-24-13-25-27/h3-8,11,13-14H,9-10,12H2,1-2H3,(H,26,28). The van der Waals surface area contributed by atoms with Crippen LogP contribution in [0, 0.1) is 6.92 Å². The lowest BCUT2D eigenvalue weighted by molar-refractivity contribution is -0.116. The van der Waals surface area contributed by atoms with Gasteiger partial charge in [0.2, 0.25) is 5.91 Å². The van der Waals surface area contributed by atoms with Crippen molar-refractivity contribution >= 4 is 22.6 Å². The molecule has 31 heavy (non-hydrogen) atoms. The summed E-state index contributed by atoms with van der Waals surface area (Å²) in [6, 6.07) is 12.9. The Balaban J connectivity index is 1.40. The van der Waals surface area contributed by atoms with Gasteiger partial charge in [-0.3, -0.25) is 4.79 Å². The smallest absolute Gasteiger partial charge is 0.339 e. The first-order valence-electron chi connectivity index (χ1n) is 9.85. The van der Waals surface area contributed by atoms with Gasteiger partial charge in [0.15, 0.2) is 0 Å². The van der Waals surface area contributed by atoms with Gasteiger partial charge in [0.05, 0.1) is 13.7 Å². The van der Waals surface area contributed by atoms with Gasteiger partial charge in [-0.15, -0.1) is 0 Å². The van der Waals surface area contributed by atoms with Gasteiger partial charge in [0.25, 0.3) is 0 Å². The van der Waals surface area contributed by atoms with Crippen molar-refractivity contribution in [2.75, 3.05) is 12.4 Å². The van der Waals surface area contributed by atoms with Gasteiger partial charge in [-0.2, -0.15) is 5.10 Å². The van der Waals surface area contributed by atoms with Gasteiger partial charge in [0, 0.05) is 29.1 Å². The molecule has 0 bridgehead atoms. The largest absolute Gasteiger partial charge is 0.497 e. The highest BCUT2D eigenvalue weighted by atomic mass is 16.5. The van der Waals surface area contributed by atoms with Crippen LogP contribution in [0.2, 0.25) is 0 Å². The minimum absolute atomic E-state index is 0.169. The van der Waals surface area contributed by atoms with Crippen LogP contribution in [0.15, 0.2) is 64.3 Å². The third-order valence-corrected chi connectivity index (χ3v) is 5.15. The molecule has 0 aliphatic carbocycles. The van der Waals surface area contributed by atoms with Gasteiger partial charge in [-0.25, -0.2) is 14.5 Å². The molecule has 4 aromatic rings. The fourth-order valence-electron chi connectivity index (χ4n) is 3.45. The number of benzene rings is 2. The number of anilines is 1. The van der Waals surface area contributed by atoms with E-state index in [9.17, 15) is 9.59 Å². The third-order valence-electron chi connectivity index (χ3n) is 5.15. The van der Waals surface area contributed by atoms with Crippen molar-refractivity contribution in [3.05, 3.63) is 82.2 Å². The maximum atomic E-state index is 12.4. The lowest BCUT2D eigenvalue weighted by atomic mass is 10.0. The topological polar surface area (TPSA) is 99.2 Å². The van der Waals surface area contributed by atoms with Crippen LogP contribution in [0.4, 0.5) is 5.69 Å². The van der Waals surface area contributed by atoms with Crippen LogP contribution < -0.4 is 15.7 Å². The van der Waals surface area contributed by atoms with Gasteiger partial charge < -0.3 is 14.5 Å². The molecule has 8 nitrogen and oxygen atoms in total. The fourth-order valence-corrected chi connectivity index (χ4v) is 3.45. The highest BCUT2D eigenvalue weighted by Crippen LogP contribution is 2.24. The first-order chi connectivity index (χ1) is 15.0. The maximum Gasteiger partial charge on any atom is 0.339 e. The zero-order chi connectivity index (χ0) is 21.8. The predicted octanol–water partition coefficient (Wildman–Crippen LogP) is 3.32. The summed E-state index contributed by atoms with van der Waals surface area (Å²) in [5.41, 5.74) is 3.12. The molecule has 0 fully saturated rings. The molecule has 0 unspecified atom stereocenters. The normalized spacial score (nSPS) is 10.9. The predicted molar refractivity (Wildman–Crippen MR) is 116 cm³/mol. The molecule has 0 radical (unpaired) electrons. The van der Waals surface area contributed by atoms with Crippen molar-refractivity contribution in [2.45, 2.75) is 26.3 Å². The van der Waals surface area contributed by atoms with Crippen molar-refractivity contribution in [1.82, 2.24) is 14.8 Å². The molecule has 0 spiro atoms. The molecule has 0 saturated heterocycles. The van der Waals surface area contributed by atoms with Crippen LogP contribution in [0.25, 0.3) is 11.0 Å². The zero-order valence-corrected chi connectivity index (χ0v) is 17.3. The second-order valence-corrected chi connectivity index (χ2v) is 7.19. The zero-order valence-electron chi connectivity index (χ0n) is 17.3. The van der Waals surface area contributed by atoms with E-state index in [0.29, 0.717) is 35.5 Å². The monoisotopic (exact) mass is 418 g/mol. The van der Waals surface area contributed by atoms with Crippen LogP contribution in [0.1, 0.15) is 23.1 Å². The number of rotatable bonds is 7. The number of carbonyl (C=O) groups excluding carboxylic acids is 1. The average molecular weight is 418 g/mol. The highest BCUT2D eigenvalue weighted by molar-refractivity contribution is 5.91. The van der Waals surface area contributed by atoms with Gasteiger partial charge >= 0.3 is 5.63 Å². The number of fused-ring (bicyclic) bond motifs is 1. The molecular weight excluding hydrogens is 396 g/mol. The Bertz CT molecular complexity index is 1260. The summed E-state index contributed by atoms with van der Waals surface area (Å²) in [7, 11) is 1.56. The highest BCUT2D eigenvalue weighted by Gasteiger charge is 2.14. The molecule has 0 atom stereocenters. The van der Waals surface area contributed by atoms with E-state index >= 15 is 0 Å². The van der Waals surface area contributed by atoms with E-state index in [1.54, 1.807) is 24.2 Å². The van der Waals surface area contributed by atoms with E-state index in [4.69, 9.17) is 9.15 Å². The summed E-state index contributed by atoms with van der Waals surface area (Å²) in [6.45, 7) is 2.48. The van der Waals surface area contributed by atoms with Gasteiger partial charge in [-0.05, 0) is 48.7 Å². The Morgan fingerprint density at radius 2 is 2.00 bits per heavy atom. The number of amides is 1. The summed E-state index contributed by atoms with van der Waals surface area (Å²) >= 11 is 0. The molecule has 2 aromatic carbocycles. The van der Waals surface area contributed by atoms with E-state index in [2.05, 4.69) is 15.4 Å². The van der Waals surface area contributed by atoms with E-state index in [-0.39, 0.29) is 12.3 Å². The number of nitrogens with one attached hydrogen (secondary N) is 1. The first kappa shape index (κ1) is 20.3. The summed E-state index contributed by atoms with van der Waals surface area (Å²) in [5, 5.41) is 7.77. The Hall–Kier alpha value is -3.94. The molecule has 1 amide bonds. The van der Waals surface area contributed by atoms with Crippen molar-refractivity contribution in [1.29, 1.82) is 0 Å². The molecule has 158 valence electrons. The van der Waals surface area contributed by atoms with Crippen LogP contribution >= 0.6 is 0 Å². The summed E-state index contributed by atoms with van der Waals surface area (Å²) in [4.78, 5) is 28.8. The van der Waals surface area contributed by atoms with Gasteiger partial charge in [-0.1, -0.05) is 12.1 Å². The number of aryl methyl sites for hydroxylation is 1. The molecule has 4 rings (SSSR count). The van der Waals surface area contributed by atoms with Crippen molar-refractivity contribution in [3.8, 4) is 5.75 Å². The molecule has 8 heteroatoms. The van der Waals surface area contributed by atoms with Crippen LogP contribution in [0.3, 0.4) is 0 Å². The summed E-state index contributed by atoms with van der Waals surface area (Å²) < 4.78 is 12.3.